The third-order valence-corrected chi connectivity index (χ3v) is 2.84. The van der Waals surface area contributed by atoms with E-state index in [1.165, 1.54) is 0 Å². The maximum absolute atomic E-state index is 11.9. The molecular weight excluding hydrogens is 296 g/mol. The number of carbonyl (C=O) groups is 2. The number of rotatable bonds is 4. The van der Waals surface area contributed by atoms with Gasteiger partial charge in [-0.1, -0.05) is 34.1 Å². The number of hydrogen-bond donors (Lipinski definition) is 0. The van der Waals surface area contributed by atoms with Gasteiger partial charge in [-0.05, 0) is 26.8 Å². The molecule has 1 aromatic rings. The lowest BCUT2D eigenvalue weighted by Gasteiger charge is -2.19. The summed E-state index contributed by atoms with van der Waals surface area (Å²) in [6.07, 6.45) is 0.273. The first-order valence-electron chi connectivity index (χ1n) is 5.79. The molecule has 3 nitrogen and oxygen atoms in total. The van der Waals surface area contributed by atoms with E-state index < -0.39 is 5.60 Å². The minimum absolute atomic E-state index is 0.0617. The van der Waals surface area contributed by atoms with E-state index in [4.69, 9.17) is 4.74 Å². The van der Waals surface area contributed by atoms with Gasteiger partial charge in [-0.25, -0.2) is 0 Å². The van der Waals surface area contributed by atoms with Gasteiger partial charge in [0.15, 0.2) is 5.78 Å². The highest BCUT2D eigenvalue weighted by molar-refractivity contribution is 9.10. The number of ether oxygens (including phenoxy) is 1. The molecule has 0 aliphatic rings. The number of halogens is 1. The summed E-state index contributed by atoms with van der Waals surface area (Å²) >= 11 is 3.32. The smallest absolute Gasteiger partial charge is 0.306 e. The van der Waals surface area contributed by atoms with Crippen molar-refractivity contribution < 1.29 is 14.3 Å². The molecule has 18 heavy (non-hydrogen) atoms. The van der Waals surface area contributed by atoms with Crippen molar-refractivity contribution in [1.82, 2.24) is 0 Å². The van der Waals surface area contributed by atoms with E-state index in [2.05, 4.69) is 15.9 Å². The Kier molecular flexibility index (Phi) is 5.08. The third-order valence-electron chi connectivity index (χ3n) is 2.15. The third kappa shape index (κ3) is 5.00. The first kappa shape index (κ1) is 14.9. The van der Waals surface area contributed by atoms with Crippen LogP contribution in [0.1, 0.15) is 44.0 Å². The highest BCUT2D eigenvalue weighted by Gasteiger charge is 2.18. The maximum atomic E-state index is 11.9. The van der Waals surface area contributed by atoms with Gasteiger partial charge in [0.25, 0.3) is 0 Å². The van der Waals surface area contributed by atoms with Crippen LogP contribution >= 0.6 is 15.9 Å². The Labute approximate surface area is 116 Å². The Morgan fingerprint density at radius 1 is 1.17 bits per heavy atom. The molecule has 4 heteroatoms. The molecule has 0 bridgehead atoms. The minimum Gasteiger partial charge on any atom is -0.460 e. The van der Waals surface area contributed by atoms with Gasteiger partial charge in [0.05, 0.1) is 6.42 Å². The largest absolute Gasteiger partial charge is 0.460 e. The Morgan fingerprint density at radius 3 is 2.33 bits per heavy atom. The second-order valence-corrected chi connectivity index (χ2v) is 5.84. The van der Waals surface area contributed by atoms with Crippen molar-refractivity contribution >= 4 is 27.7 Å². The van der Waals surface area contributed by atoms with Gasteiger partial charge in [0.1, 0.15) is 5.60 Å². The van der Waals surface area contributed by atoms with Gasteiger partial charge in [0.2, 0.25) is 0 Å². The molecule has 1 rings (SSSR count). The summed E-state index contributed by atoms with van der Waals surface area (Å²) in [4.78, 5) is 23.4. The van der Waals surface area contributed by atoms with Crippen LogP contribution in [0.2, 0.25) is 0 Å². The van der Waals surface area contributed by atoms with E-state index >= 15 is 0 Å². The van der Waals surface area contributed by atoms with Gasteiger partial charge >= 0.3 is 5.97 Å². The quantitative estimate of drug-likeness (QED) is 0.628. The van der Waals surface area contributed by atoms with Crippen molar-refractivity contribution in [2.45, 2.75) is 39.2 Å². The number of benzene rings is 1. The Hall–Kier alpha value is -1.16. The molecule has 1 aromatic carbocycles. The molecule has 0 spiro atoms. The fraction of sp³-hybridized carbons (Fsp3) is 0.429. The van der Waals surface area contributed by atoms with E-state index in [0.717, 1.165) is 4.47 Å². The van der Waals surface area contributed by atoms with Gasteiger partial charge in [0, 0.05) is 16.5 Å². The van der Waals surface area contributed by atoms with Gasteiger partial charge < -0.3 is 4.74 Å². The molecule has 0 amide bonds. The Morgan fingerprint density at radius 2 is 1.78 bits per heavy atom. The van der Waals surface area contributed by atoms with E-state index in [1.807, 2.05) is 6.07 Å². The predicted molar refractivity (Wildman–Crippen MR) is 73.6 cm³/mol. The molecule has 0 fully saturated rings. The van der Waals surface area contributed by atoms with Crippen molar-refractivity contribution in [3.8, 4) is 0 Å². The van der Waals surface area contributed by atoms with Crippen molar-refractivity contribution in [2.24, 2.45) is 0 Å². The highest BCUT2D eigenvalue weighted by Crippen LogP contribution is 2.18. The Bertz CT molecular complexity index is 447. The summed E-state index contributed by atoms with van der Waals surface area (Å²) in [6.45, 7) is 5.42. The molecule has 0 heterocycles. The summed E-state index contributed by atoms with van der Waals surface area (Å²) in [7, 11) is 0. The molecule has 0 aromatic heterocycles. The number of Topliss-reactive ketones (excluding diaryl/α,β-unsaturated/α-hetero) is 1. The number of esters is 1. The molecule has 0 saturated heterocycles. The lowest BCUT2D eigenvalue weighted by molar-refractivity contribution is -0.154. The summed E-state index contributed by atoms with van der Waals surface area (Å²) < 4.78 is 5.90. The normalized spacial score (nSPS) is 11.1. The van der Waals surface area contributed by atoms with Crippen molar-refractivity contribution in [2.75, 3.05) is 0 Å². The second kappa shape index (κ2) is 6.14. The maximum Gasteiger partial charge on any atom is 0.306 e. The summed E-state index contributed by atoms with van der Waals surface area (Å²) in [5.74, 6) is -0.406. The van der Waals surface area contributed by atoms with Crippen LogP contribution in [0, 0.1) is 0 Å². The number of ketones is 1. The fourth-order valence-electron chi connectivity index (χ4n) is 1.43. The number of carbonyl (C=O) groups excluding carboxylic acids is 2. The van der Waals surface area contributed by atoms with Gasteiger partial charge in [-0.3, -0.25) is 9.59 Å². The first-order chi connectivity index (χ1) is 8.29. The van der Waals surface area contributed by atoms with E-state index in [0.29, 0.717) is 5.56 Å². The zero-order valence-corrected chi connectivity index (χ0v) is 12.4. The van der Waals surface area contributed by atoms with Crippen LogP contribution in [0.5, 0.6) is 0 Å². The number of hydrogen-bond acceptors (Lipinski definition) is 3. The SMILES string of the molecule is CC(C)(C)OC(=O)CCC(=O)c1ccccc1Br. The van der Waals surface area contributed by atoms with Crippen molar-refractivity contribution in [3.63, 3.8) is 0 Å². The van der Waals surface area contributed by atoms with Crippen molar-refractivity contribution in [3.05, 3.63) is 34.3 Å². The topological polar surface area (TPSA) is 43.4 Å². The summed E-state index contributed by atoms with van der Waals surface area (Å²) in [5, 5.41) is 0. The second-order valence-electron chi connectivity index (χ2n) is 4.99. The lowest BCUT2D eigenvalue weighted by atomic mass is 10.1. The van der Waals surface area contributed by atoms with Crippen molar-refractivity contribution in [1.29, 1.82) is 0 Å². The zero-order chi connectivity index (χ0) is 13.8. The van der Waals surface area contributed by atoms with E-state index in [1.54, 1.807) is 39.0 Å². The van der Waals surface area contributed by atoms with Crippen LogP contribution in [-0.4, -0.2) is 17.4 Å². The Balaban J connectivity index is 2.52. The molecule has 0 aliphatic heterocycles. The first-order valence-corrected chi connectivity index (χ1v) is 6.58. The van der Waals surface area contributed by atoms with Crippen LogP contribution in [0.25, 0.3) is 0 Å². The van der Waals surface area contributed by atoms with Crippen LogP contribution in [-0.2, 0) is 9.53 Å². The van der Waals surface area contributed by atoms with Crippen LogP contribution in [0.15, 0.2) is 28.7 Å². The molecule has 0 atom stereocenters. The molecule has 0 unspecified atom stereocenters. The van der Waals surface area contributed by atoms with Crippen LogP contribution in [0.3, 0.4) is 0 Å². The minimum atomic E-state index is -0.506. The standard InChI is InChI=1S/C14H17BrO3/c1-14(2,3)18-13(17)9-8-12(16)10-6-4-5-7-11(10)15/h4-7H,8-9H2,1-3H3. The predicted octanol–water partition coefficient (Wildman–Crippen LogP) is 3.75. The average molecular weight is 313 g/mol. The van der Waals surface area contributed by atoms with E-state index in [-0.39, 0.29) is 24.6 Å². The van der Waals surface area contributed by atoms with Crippen LogP contribution < -0.4 is 0 Å². The molecule has 0 aliphatic carbocycles. The van der Waals surface area contributed by atoms with Gasteiger partial charge in [-0.15, -0.1) is 0 Å². The summed E-state index contributed by atoms with van der Waals surface area (Å²) in [5.41, 5.74) is 0.0917. The molecule has 0 N–H and O–H groups in total. The molecule has 98 valence electrons. The molecular formula is C14H17BrO3. The lowest BCUT2D eigenvalue weighted by Crippen LogP contribution is -2.24. The molecule has 0 saturated carbocycles. The zero-order valence-electron chi connectivity index (χ0n) is 10.8. The monoisotopic (exact) mass is 312 g/mol. The highest BCUT2D eigenvalue weighted by atomic mass is 79.9. The molecule has 0 radical (unpaired) electrons. The van der Waals surface area contributed by atoms with Crippen LogP contribution in [0.4, 0.5) is 0 Å². The summed E-state index contributed by atoms with van der Waals surface area (Å²) in [6, 6.07) is 7.18. The van der Waals surface area contributed by atoms with Gasteiger partial charge in [-0.2, -0.15) is 0 Å². The average Bonchev–Trinajstić information content (AvgIpc) is 2.24. The van der Waals surface area contributed by atoms with E-state index in [9.17, 15) is 9.59 Å². The fourth-order valence-corrected chi connectivity index (χ4v) is 1.94.